The van der Waals surface area contributed by atoms with Crippen LogP contribution in [0.3, 0.4) is 0 Å². The van der Waals surface area contributed by atoms with Gasteiger partial charge < -0.3 is 14.0 Å². The van der Waals surface area contributed by atoms with E-state index in [4.69, 9.17) is 14.8 Å². The van der Waals surface area contributed by atoms with Crippen molar-refractivity contribution in [3.8, 4) is 17.0 Å². The van der Waals surface area contributed by atoms with E-state index in [1.807, 2.05) is 0 Å². The Morgan fingerprint density at radius 1 is 1.12 bits per heavy atom. The molecule has 7 nitrogen and oxygen atoms in total. The summed E-state index contributed by atoms with van der Waals surface area (Å²) in [6.45, 7) is 0.210. The van der Waals surface area contributed by atoms with Crippen LogP contribution in [0.4, 0.5) is 13.2 Å². The Kier molecular flexibility index (Phi) is 5.51. The van der Waals surface area contributed by atoms with E-state index in [1.54, 1.807) is 12.1 Å². The average Bonchev–Trinajstić information content (AvgIpc) is 3.46. The van der Waals surface area contributed by atoms with Crippen molar-refractivity contribution in [2.45, 2.75) is 69.6 Å². The van der Waals surface area contributed by atoms with Crippen LogP contribution in [-0.4, -0.2) is 23.7 Å². The molecule has 170 valence electrons. The second kappa shape index (κ2) is 8.33. The molecule has 2 bridgehead atoms. The second-order valence-corrected chi connectivity index (χ2v) is 8.89. The molecule has 1 heterocycles. The summed E-state index contributed by atoms with van der Waals surface area (Å²) in [6, 6.07) is 5.99. The van der Waals surface area contributed by atoms with Gasteiger partial charge in [-0.05, 0) is 68.0 Å². The minimum atomic E-state index is -4.81. The molecule has 0 unspecified atom stereocenters. The predicted molar refractivity (Wildman–Crippen MR) is 108 cm³/mol. The Morgan fingerprint density at radius 3 is 2.50 bits per heavy atom. The number of nitrogens with zero attached hydrogens (tertiary/aromatic N) is 4. The van der Waals surface area contributed by atoms with E-state index in [2.05, 4.69) is 19.9 Å². The number of halogens is 3. The molecule has 0 spiro atoms. The molecule has 4 atom stereocenters. The standard InChI is InChI=1S/C22H23F3N4O3/c23-22(24,25)31-18-4-2-1-3-16(18)20-17(21(32-28-20)12-5-6-12)11-30-15-9-13-7-8-14(10-15)19(13)27-29-26/h1-4,12-15,19H,5-11H2/t13-,14+,15-,19+. The van der Waals surface area contributed by atoms with Crippen LogP contribution in [0, 0.1) is 11.8 Å². The number of hydrogen-bond donors (Lipinski definition) is 0. The number of ether oxygens (including phenoxy) is 2. The zero-order valence-electron chi connectivity index (χ0n) is 17.3. The molecule has 1 aromatic heterocycles. The number of fused-ring (bicyclic) bond motifs is 2. The van der Waals surface area contributed by atoms with E-state index in [0.29, 0.717) is 28.9 Å². The Balaban J connectivity index is 1.38. The third-order valence-electron chi connectivity index (χ3n) is 6.79. The minimum Gasteiger partial charge on any atom is -0.405 e. The van der Waals surface area contributed by atoms with Gasteiger partial charge in [0.05, 0.1) is 12.7 Å². The molecule has 0 amide bonds. The summed E-state index contributed by atoms with van der Waals surface area (Å²) in [5.74, 6) is 1.24. The summed E-state index contributed by atoms with van der Waals surface area (Å²) >= 11 is 0. The predicted octanol–water partition coefficient (Wildman–Crippen LogP) is 6.50. The zero-order chi connectivity index (χ0) is 22.3. The fourth-order valence-electron chi connectivity index (χ4n) is 5.24. The molecule has 1 aromatic carbocycles. The highest BCUT2D eigenvalue weighted by Gasteiger charge is 2.43. The first-order chi connectivity index (χ1) is 15.4. The fourth-order valence-corrected chi connectivity index (χ4v) is 5.24. The van der Waals surface area contributed by atoms with Crippen molar-refractivity contribution in [3.05, 3.63) is 46.0 Å². The van der Waals surface area contributed by atoms with Crippen molar-refractivity contribution >= 4 is 0 Å². The highest BCUT2D eigenvalue weighted by molar-refractivity contribution is 5.70. The van der Waals surface area contributed by atoms with Gasteiger partial charge in [0, 0.05) is 28.0 Å². The van der Waals surface area contributed by atoms with Crippen molar-refractivity contribution in [2.75, 3.05) is 0 Å². The number of aromatic nitrogens is 1. The quantitative estimate of drug-likeness (QED) is 0.274. The third kappa shape index (κ3) is 4.29. The smallest absolute Gasteiger partial charge is 0.405 e. The molecule has 0 saturated heterocycles. The van der Waals surface area contributed by atoms with E-state index in [1.165, 1.54) is 12.1 Å². The van der Waals surface area contributed by atoms with E-state index in [0.717, 1.165) is 38.5 Å². The zero-order valence-corrected chi connectivity index (χ0v) is 17.3. The van der Waals surface area contributed by atoms with Crippen molar-refractivity contribution in [2.24, 2.45) is 17.0 Å². The lowest BCUT2D eigenvalue weighted by molar-refractivity contribution is -0.274. The average molecular weight is 448 g/mol. The Morgan fingerprint density at radius 2 is 1.84 bits per heavy atom. The lowest BCUT2D eigenvalue weighted by Gasteiger charge is -2.32. The fraction of sp³-hybridized carbons (Fsp3) is 0.591. The molecule has 0 aliphatic heterocycles. The molecular weight excluding hydrogens is 425 g/mol. The van der Waals surface area contributed by atoms with E-state index >= 15 is 0 Å². The highest BCUT2D eigenvalue weighted by atomic mass is 19.4. The first-order valence-electron chi connectivity index (χ1n) is 10.9. The van der Waals surface area contributed by atoms with Crippen LogP contribution >= 0.6 is 0 Å². The first-order valence-corrected chi connectivity index (χ1v) is 10.9. The van der Waals surface area contributed by atoms with Gasteiger partial charge in [-0.25, -0.2) is 0 Å². The Labute approximate surface area is 182 Å². The van der Waals surface area contributed by atoms with Crippen molar-refractivity contribution in [1.29, 1.82) is 0 Å². The molecule has 32 heavy (non-hydrogen) atoms. The number of hydrogen-bond acceptors (Lipinski definition) is 5. The van der Waals surface area contributed by atoms with E-state index in [-0.39, 0.29) is 36.0 Å². The van der Waals surface area contributed by atoms with Crippen LogP contribution in [0.1, 0.15) is 55.8 Å². The van der Waals surface area contributed by atoms with Crippen molar-refractivity contribution in [3.63, 3.8) is 0 Å². The number of azide groups is 1. The molecule has 2 aromatic rings. The van der Waals surface area contributed by atoms with Gasteiger partial charge in [0.25, 0.3) is 0 Å². The number of benzene rings is 1. The third-order valence-corrected chi connectivity index (χ3v) is 6.79. The molecule has 3 saturated carbocycles. The van der Waals surface area contributed by atoms with Gasteiger partial charge in [0.1, 0.15) is 17.2 Å². The van der Waals surface area contributed by atoms with Gasteiger partial charge in [-0.15, -0.1) is 13.2 Å². The van der Waals surface area contributed by atoms with Crippen molar-refractivity contribution < 1.29 is 27.2 Å². The molecule has 3 fully saturated rings. The summed E-state index contributed by atoms with van der Waals surface area (Å²) in [5.41, 5.74) is 10.1. The molecule has 10 heteroatoms. The maximum Gasteiger partial charge on any atom is 0.573 e. The topological polar surface area (TPSA) is 93.3 Å². The summed E-state index contributed by atoms with van der Waals surface area (Å²) in [7, 11) is 0. The number of alkyl halides is 3. The summed E-state index contributed by atoms with van der Waals surface area (Å²) in [4.78, 5) is 3.00. The molecular formula is C22H23F3N4O3. The molecule has 3 aliphatic rings. The van der Waals surface area contributed by atoms with E-state index < -0.39 is 6.36 Å². The van der Waals surface area contributed by atoms with Crippen LogP contribution in [0.2, 0.25) is 0 Å². The lowest BCUT2D eigenvalue weighted by atomic mass is 9.83. The second-order valence-electron chi connectivity index (χ2n) is 8.89. The van der Waals surface area contributed by atoms with Gasteiger partial charge in [-0.3, -0.25) is 0 Å². The van der Waals surface area contributed by atoms with E-state index in [9.17, 15) is 13.2 Å². The number of rotatable bonds is 7. The van der Waals surface area contributed by atoms with Crippen molar-refractivity contribution in [1.82, 2.24) is 5.16 Å². The van der Waals surface area contributed by atoms with Gasteiger partial charge in [-0.2, -0.15) is 0 Å². The molecule has 5 rings (SSSR count). The molecule has 0 N–H and O–H groups in total. The summed E-state index contributed by atoms with van der Waals surface area (Å²) in [6.07, 6.45) is 0.812. The molecule has 0 radical (unpaired) electrons. The Hall–Kier alpha value is -2.71. The summed E-state index contributed by atoms with van der Waals surface area (Å²) in [5, 5.41) is 8.11. The molecule has 3 aliphatic carbocycles. The maximum atomic E-state index is 12.9. The maximum absolute atomic E-state index is 12.9. The highest BCUT2D eigenvalue weighted by Crippen LogP contribution is 2.47. The normalized spacial score (nSPS) is 27.2. The van der Waals surface area contributed by atoms with Crippen LogP contribution in [0.5, 0.6) is 5.75 Å². The van der Waals surface area contributed by atoms with Gasteiger partial charge >= 0.3 is 6.36 Å². The van der Waals surface area contributed by atoms with Gasteiger partial charge in [-0.1, -0.05) is 22.4 Å². The van der Waals surface area contributed by atoms with Crippen LogP contribution < -0.4 is 4.74 Å². The van der Waals surface area contributed by atoms with Gasteiger partial charge in [0.15, 0.2) is 0 Å². The lowest BCUT2D eigenvalue weighted by Crippen LogP contribution is -2.33. The van der Waals surface area contributed by atoms with Gasteiger partial charge in [0.2, 0.25) is 0 Å². The van der Waals surface area contributed by atoms with Crippen LogP contribution in [0.15, 0.2) is 33.9 Å². The monoisotopic (exact) mass is 448 g/mol. The van der Waals surface area contributed by atoms with Crippen LogP contribution in [-0.2, 0) is 11.3 Å². The van der Waals surface area contributed by atoms with Crippen LogP contribution in [0.25, 0.3) is 21.7 Å². The minimum absolute atomic E-state index is 0.00844. The number of para-hydroxylation sites is 1. The largest absolute Gasteiger partial charge is 0.573 e. The summed E-state index contributed by atoms with van der Waals surface area (Å²) < 4.78 is 54.8. The first kappa shape index (κ1) is 21.2. The Bertz CT molecular complexity index is 1020. The SMILES string of the molecule is [N-]=[N+]=N[C@H]1[C@@H]2CC[C@H]1C[C@H](OCc1c(-c3ccccc3OC(F)(F)F)noc1C1CC1)C2.